The zero-order valence-corrected chi connectivity index (χ0v) is 27.9. The molecule has 0 saturated heterocycles. The number of rotatable bonds is 12. The summed E-state index contributed by atoms with van der Waals surface area (Å²) >= 11 is 0. The number of fused-ring (bicyclic) bond motifs is 1. The summed E-state index contributed by atoms with van der Waals surface area (Å²) in [6.45, 7) is 6.49. The zero-order valence-electron chi connectivity index (χ0n) is 27.1. The third-order valence-electron chi connectivity index (χ3n) is 8.45. The van der Waals surface area contributed by atoms with Crippen molar-refractivity contribution >= 4 is 39.3 Å². The summed E-state index contributed by atoms with van der Waals surface area (Å²) in [4.78, 5) is 26.3. The molecule has 0 heterocycles. The molecule has 0 aromatic heterocycles. The largest absolute Gasteiger partial charge is 0.351 e. The molecule has 2 amide bonds. The number of hydrogen-bond acceptors (Lipinski definition) is 4. The zero-order chi connectivity index (χ0) is 33.6. The van der Waals surface area contributed by atoms with Gasteiger partial charge in [-0.3, -0.25) is 14.1 Å². The standard InChI is InChI=1S/C39H42N2O5S/c1-39(2,3)21-20-27-8-12-30(13-9-27)36(24-28-10-14-31(15-11-28)37(42)40-22-23-47(44,45)46)38(43)41-35-18-16-29(17-19-35)34-25-32-6-4-5-7-33(32)26-34/h4-19,25,36H,20-24,26H2,1-3H3,(H,40,42)(H,41,43)(H,44,45,46). The summed E-state index contributed by atoms with van der Waals surface area (Å²) in [5.41, 5.74) is 9.26. The lowest BCUT2D eigenvalue weighted by Gasteiger charge is -2.20. The van der Waals surface area contributed by atoms with E-state index in [1.165, 1.54) is 22.3 Å². The van der Waals surface area contributed by atoms with Gasteiger partial charge < -0.3 is 10.6 Å². The van der Waals surface area contributed by atoms with E-state index in [2.05, 4.69) is 73.9 Å². The van der Waals surface area contributed by atoms with Gasteiger partial charge in [0.05, 0.1) is 11.7 Å². The van der Waals surface area contributed by atoms with Crippen LogP contribution >= 0.6 is 0 Å². The second-order valence-corrected chi connectivity index (χ2v) is 15.0. The molecule has 4 aromatic carbocycles. The molecular formula is C39H42N2O5S. The molecule has 0 radical (unpaired) electrons. The van der Waals surface area contributed by atoms with Crippen LogP contribution in [0, 0.1) is 5.41 Å². The van der Waals surface area contributed by atoms with Crippen LogP contribution in [0.15, 0.2) is 97.1 Å². The molecule has 47 heavy (non-hydrogen) atoms. The van der Waals surface area contributed by atoms with Crippen molar-refractivity contribution in [3.05, 3.63) is 136 Å². The third-order valence-corrected chi connectivity index (χ3v) is 9.17. The molecular weight excluding hydrogens is 609 g/mol. The van der Waals surface area contributed by atoms with E-state index in [4.69, 9.17) is 4.55 Å². The molecule has 0 saturated carbocycles. The van der Waals surface area contributed by atoms with E-state index in [9.17, 15) is 18.0 Å². The van der Waals surface area contributed by atoms with Crippen molar-refractivity contribution in [3.63, 3.8) is 0 Å². The van der Waals surface area contributed by atoms with Gasteiger partial charge in [-0.15, -0.1) is 0 Å². The summed E-state index contributed by atoms with van der Waals surface area (Å²) < 4.78 is 30.8. The minimum atomic E-state index is -4.16. The smallest absolute Gasteiger partial charge is 0.266 e. The van der Waals surface area contributed by atoms with E-state index < -0.39 is 27.7 Å². The molecule has 3 N–H and O–H groups in total. The van der Waals surface area contributed by atoms with Crippen LogP contribution in [0.5, 0.6) is 0 Å². The van der Waals surface area contributed by atoms with E-state index in [0.29, 0.717) is 12.0 Å². The Bertz CT molecular complexity index is 1850. The quantitative estimate of drug-likeness (QED) is 0.139. The first-order valence-electron chi connectivity index (χ1n) is 15.9. The van der Waals surface area contributed by atoms with Gasteiger partial charge in [0.25, 0.3) is 16.0 Å². The molecule has 5 rings (SSSR count). The summed E-state index contributed by atoms with van der Waals surface area (Å²) in [6.07, 6.45) is 5.55. The normalized spacial score (nSPS) is 13.4. The first-order valence-corrected chi connectivity index (χ1v) is 17.5. The molecule has 0 bridgehead atoms. The molecule has 0 fully saturated rings. The van der Waals surface area contributed by atoms with E-state index in [1.807, 2.05) is 36.4 Å². The Balaban J connectivity index is 1.30. The SMILES string of the molecule is CC(C)(C)CCc1ccc(C(Cc2ccc(C(=O)NCCS(=O)(=O)O)cc2)C(=O)Nc2ccc(C3=Cc4ccccc4C3)cc2)cc1. The lowest BCUT2D eigenvalue weighted by molar-refractivity contribution is -0.117. The number of carbonyl (C=O) groups is 2. The number of hydrogen-bond donors (Lipinski definition) is 3. The minimum Gasteiger partial charge on any atom is -0.351 e. The lowest BCUT2D eigenvalue weighted by Crippen LogP contribution is -2.28. The van der Waals surface area contributed by atoms with Gasteiger partial charge in [0, 0.05) is 17.8 Å². The van der Waals surface area contributed by atoms with Crippen LogP contribution in [-0.4, -0.2) is 37.1 Å². The number of benzene rings is 4. The monoisotopic (exact) mass is 650 g/mol. The molecule has 1 aliphatic carbocycles. The predicted molar refractivity (Wildman–Crippen MR) is 189 cm³/mol. The summed E-state index contributed by atoms with van der Waals surface area (Å²) in [5.74, 6) is -1.61. The van der Waals surface area contributed by atoms with Crippen LogP contribution in [0.3, 0.4) is 0 Å². The number of aryl methyl sites for hydroxylation is 1. The topological polar surface area (TPSA) is 113 Å². The summed E-state index contributed by atoms with van der Waals surface area (Å²) in [7, 11) is -4.16. The molecule has 0 aliphatic heterocycles. The Morgan fingerprint density at radius 2 is 1.51 bits per heavy atom. The van der Waals surface area contributed by atoms with Gasteiger partial charge in [0.1, 0.15) is 0 Å². The second-order valence-electron chi connectivity index (χ2n) is 13.4. The maximum atomic E-state index is 13.9. The first kappa shape index (κ1) is 33.8. The average molecular weight is 651 g/mol. The Kier molecular flexibility index (Phi) is 10.4. The Labute approximate surface area is 277 Å². The van der Waals surface area contributed by atoms with Gasteiger partial charge in [-0.1, -0.05) is 99.6 Å². The Hall–Kier alpha value is -4.53. The van der Waals surface area contributed by atoms with Crippen molar-refractivity contribution in [2.75, 3.05) is 17.6 Å². The van der Waals surface area contributed by atoms with E-state index in [1.54, 1.807) is 24.3 Å². The second kappa shape index (κ2) is 14.5. The first-order chi connectivity index (χ1) is 22.3. The van der Waals surface area contributed by atoms with Crippen LogP contribution in [-0.2, 0) is 34.2 Å². The minimum absolute atomic E-state index is 0.125. The van der Waals surface area contributed by atoms with Crippen LogP contribution in [0.25, 0.3) is 11.6 Å². The fraction of sp³-hybridized carbons (Fsp3) is 0.282. The number of amides is 2. The molecule has 4 aromatic rings. The van der Waals surface area contributed by atoms with Gasteiger partial charge >= 0.3 is 0 Å². The lowest BCUT2D eigenvalue weighted by atomic mass is 9.87. The van der Waals surface area contributed by atoms with Crippen molar-refractivity contribution in [1.82, 2.24) is 5.32 Å². The molecule has 1 aliphatic rings. The molecule has 0 spiro atoms. The highest BCUT2D eigenvalue weighted by Crippen LogP contribution is 2.32. The van der Waals surface area contributed by atoms with E-state index in [-0.39, 0.29) is 17.9 Å². The van der Waals surface area contributed by atoms with Gasteiger partial charge in [0.15, 0.2) is 0 Å². The highest BCUT2D eigenvalue weighted by Gasteiger charge is 2.23. The van der Waals surface area contributed by atoms with Gasteiger partial charge in [-0.2, -0.15) is 8.42 Å². The fourth-order valence-electron chi connectivity index (χ4n) is 5.68. The van der Waals surface area contributed by atoms with Crippen molar-refractivity contribution in [2.24, 2.45) is 5.41 Å². The van der Waals surface area contributed by atoms with Crippen LogP contribution < -0.4 is 10.6 Å². The summed E-state index contributed by atoms with van der Waals surface area (Å²) in [5, 5.41) is 5.62. The van der Waals surface area contributed by atoms with Crippen LogP contribution in [0.2, 0.25) is 0 Å². The maximum absolute atomic E-state index is 13.9. The van der Waals surface area contributed by atoms with E-state index in [0.717, 1.165) is 41.6 Å². The molecule has 1 atom stereocenters. The van der Waals surface area contributed by atoms with Crippen molar-refractivity contribution in [1.29, 1.82) is 0 Å². The van der Waals surface area contributed by atoms with Gasteiger partial charge in [-0.25, -0.2) is 0 Å². The maximum Gasteiger partial charge on any atom is 0.266 e. The number of anilines is 1. The molecule has 1 unspecified atom stereocenters. The molecule has 244 valence electrons. The third kappa shape index (κ3) is 9.73. The van der Waals surface area contributed by atoms with Crippen molar-refractivity contribution < 1.29 is 22.6 Å². The Morgan fingerprint density at radius 3 is 2.15 bits per heavy atom. The van der Waals surface area contributed by atoms with Crippen LogP contribution in [0.4, 0.5) is 5.69 Å². The number of allylic oxidation sites excluding steroid dienone is 1. The van der Waals surface area contributed by atoms with Gasteiger partial charge in [-0.05, 0) is 94.3 Å². The number of nitrogens with one attached hydrogen (secondary N) is 2. The fourth-order valence-corrected chi connectivity index (χ4v) is 6.04. The van der Waals surface area contributed by atoms with Crippen LogP contribution in [0.1, 0.15) is 76.8 Å². The molecule has 7 nitrogen and oxygen atoms in total. The molecule has 8 heteroatoms. The van der Waals surface area contributed by atoms with Gasteiger partial charge in [0.2, 0.25) is 5.91 Å². The van der Waals surface area contributed by atoms with E-state index >= 15 is 0 Å². The average Bonchev–Trinajstić information content (AvgIpc) is 3.47. The Morgan fingerprint density at radius 1 is 0.851 bits per heavy atom. The summed E-state index contributed by atoms with van der Waals surface area (Å²) in [6, 6.07) is 31.6. The predicted octanol–water partition coefficient (Wildman–Crippen LogP) is 7.34. The van der Waals surface area contributed by atoms with Crippen molar-refractivity contribution in [2.45, 2.75) is 52.4 Å². The van der Waals surface area contributed by atoms with Crippen molar-refractivity contribution in [3.8, 4) is 0 Å². The highest BCUT2D eigenvalue weighted by atomic mass is 32.2. The number of carbonyl (C=O) groups excluding carboxylic acids is 2. The highest BCUT2D eigenvalue weighted by molar-refractivity contribution is 7.85.